The van der Waals surface area contributed by atoms with Crippen LogP contribution in [0.4, 0.5) is 5.69 Å². The summed E-state index contributed by atoms with van der Waals surface area (Å²) in [5.41, 5.74) is 14.7. The molecule has 45 heavy (non-hydrogen) atoms. The minimum Gasteiger partial charge on any atom is -0.398 e. The normalized spacial score (nSPS) is 11.8. The smallest absolute Gasteiger partial charge is 0.0547 e. The number of thiophene rings is 1. The zero-order valence-corrected chi connectivity index (χ0v) is 26.0. The highest BCUT2D eigenvalue weighted by atomic mass is 32.2. The summed E-state index contributed by atoms with van der Waals surface area (Å²) in [4.78, 5) is 1.18. The Morgan fingerprint density at radius 2 is 1.22 bits per heavy atom. The molecule has 0 radical (unpaired) electrons. The average Bonchev–Trinajstić information content (AvgIpc) is 3.63. The Bertz CT molecular complexity index is 2540. The fourth-order valence-electron chi connectivity index (χ4n) is 6.64. The van der Waals surface area contributed by atoms with Gasteiger partial charge in [0.25, 0.3) is 0 Å². The summed E-state index contributed by atoms with van der Waals surface area (Å²) < 4.78 is 4.99. The molecule has 7 aromatic carbocycles. The van der Waals surface area contributed by atoms with E-state index in [0.29, 0.717) is 0 Å². The summed E-state index contributed by atoms with van der Waals surface area (Å²) in [5, 5.41) is 7.67. The van der Waals surface area contributed by atoms with E-state index < -0.39 is 0 Å². The van der Waals surface area contributed by atoms with Gasteiger partial charge in [0.2, 0.25) is 0 Å². The lowest BCUT2D eigenvalue weighted by atomic mass is 10.0. The molecule has 2 aromatic heterocycles. The van der Waals surface area contributed by atoms with Crippen LogP contribution in [0.25, 0.3) is 69.6 Å². The fraction of sp³-hybridized carbons (Fsp3) is 0.0244. The van der Waals surface area contributed by atoms with Gasteiger partial charge in [0.1, 0.15) is 0 Å². The first-order chi connectivity index (χ1) is 22.2. The summed E-state index contributed by atoms with van der Waals surface area (Å²) in [5.74, 6) is 0.870. The Labute approximate surface area is 269 Å². The number of anilines is 1. The van der Waals surface area contributed by atoms with Crippen molar-refractivity contribution in [2.45, 2.75) is 10.6 Å². The first-order valence-electron chi connectivity index (χ1n) is 15.2. The van der Waals surface area contributed by atoms with Gasteiger partial charge in [0, 0.05) is 53.0 Å². The van der Waals surface area contributed by atoms with Crippen LogP contribution in [0.2, 0.25) is 0 Å². The lowest BCUT2D eigenvalue weighted by molar-refractivity contribution is 1.18. The van der Waals surface area contributed by atoms with Crippen LogP contribution >= 0.6 is 23.1 Å². The van der Waals surface area contributed by atoms with Crippen LogP contribution in [0.1, 0.15) is 5.56 Å². The molecule has 0 aliphatic rings. The lowest BCUT2D eigenvalue weighted by Gasteiger charge is -2.11. The van der Waals surface area contributed by atoms with E-state index in [0.717, 1.165) is 11.4 Å². The van der Waals surface area contributed by atoms with E-state index in [1.54, 1.807) is 0 Å². The maximum absolute atomic E-state index is 6.52. The van der Waals surface area contributed by atoms with Gasteiger partial charge >= 0.3 is 0 Å². The quantitative estimate of drug-likeness (QED) is 0.155. The highest BCUT2D eigenvalue weighted by Crippen LogP contribution is 2.43. The maximum Gasteiger partial charge on any atom is 0.0547 e. The summed E-state index contributed by atoms with van der Waals surface area (Å²) in [6.45, 7) is 0. The molecule has 0 aliphatic carbocycles. The predicted octanol–water partition coefficient (Wildman–Crippen LogP) is 11.8. The summed E-state index contributed by atoms with van der Waals surface area (Å²) in [6, 6.07) is 52.7. The van der Waals surface area contributed by atoms with E-state index in [1.165, 1.54) is 80.0 Å². The molecule has 4 heteroatoms. The van der Waals surface area contributed by atoms with Gasteiger partial charge in [-0.3, -0.25) is 0 Å². The van der Waals surface area contributed by atoms with E-state index >= 15 is 0 Å². The molecule has 0 saturated carbocycles. The zero-order chi connectivity index (χ0) is 29.9. The van der Waals surface area contributed by atoms with Crippen molar-refractivity contribution in [1.82, 2.24) is 4.57 Å². The van der Waals surface area contributed by atoms with Crippen molar-refractivity contribution in [2.24, 2.45) is 0 Å². The van der Waals surface area contributed by atoms with Gasteiger partial charge in [-0.2, -0.15) is 0 Å². The van der Waals surface area contributed by atoms with Gasteiger partial charge in [0.05, 0.1) is 11.0 Å². The van der Waals surface area contributed by atoms with Crippen molar-refractivity contribution in [1.29, 1.82) is 0 Å². The molecule has 9 aromatic rings. The maximum atomic E-state index is 6.52. The van der Waals surface area contributed by atoms with Gasteiger partial charge in [0.15, 0.2) is 0 Å². The molecule has 2 nitrogen and oxygen atoms in total. The van der Waals surface area contributed by atoms with E-state index in [1.807, 2.05) is 29.2 Å². The Morgan fingerprint density at radius 1 is 0.556 bits per heavy atom. The monoisotopic (exact) mass is 612 g/mol. The number of benzene rings is 7. The third-order valence-electron chi connectivity index (χ3n) is 8.86. The van der Waals surface area contributed by atoms with E-state index in [-0.39, 0.29) is 0 Å². The third kappa shape index (κ3) is 4.40. The number of nitrogen functional groups attached to an aromatic ring is 1. The Morgan fingerprint density at radius 3 is 2.02 bits per heavy atom. The first kappa shape index (κ1) is 26.4. The van der Waals surface area contributed by atoms with Crippen molar-refractivity contribution < 1.29 is 0 Å². The van der Waals surface area contributed by atoms with Gasteiger partial charge < -0.3 is 10.3 Å². The largest absolute Gasteiger partial charge is 0.398 e. The van der Waals surface area contributed by atoms with Crippen LogP contribution in [0.3, 0.4) is 0 Å². The summed E-state index contributed by atoms with van der Waals surface area (Å²) >= 11 is 3.67. The number of nitrogens with two attached hydrogens (primary N) is 1. The van der Waals surface area contributed by atoms with Crippen LogP contribution in [0, 0.1) is 0 Å². The number of hydrogen-bond acceptors (Lipinski definition) is 3. The molecule has 0 bridgehead atoms. The Hall–Kier alpha value is -5.03. The van der Waals surface area contributed by atoms with Gasteiger partial charge in [-0.15, -0.1) is 23.1 Å². The van der Waals surface area contributed by atoms with Crippen molar-refractivity contribution in [3.8, 4) is 16.8 Å². The number of hydrogen-bond donors (Lipinski definition) is 1. The SMILES string of the molecule is Nc1ccc2sc3ccccc3c2c1SCc1ccc(-c2ccc(-n3c4ccccc4c4cc5ccccc5cc43)cc2)cc1. The Balaban J connectivity index is 1.01. The molecule has 0 spiro atoms. The second kappa shape index (κ2) is 10.6. The molecular weight excluding hydrogens is 585 g/mol. The second-order valence-electron chi connectivity index (χ2n) is 11.6. The number of thioether (sulfide) groups is 1. The summed E-state index contributed by atoms with van der Waals surface area (Å²) in [7, 11) is 0. The van der Waals surface area contributed by atoms with Gasteiger partial charge in [-0.1, -0.05) is 97.1 Å². The topological polar surface area (TPSA) is 30.9 Å². The number of para-hydroxylation sites is 1. The molecule has 2 N–H and O–H groups in total. The minimum atomic E-state index is 0.851. The summed E-state index contributed by atoms with van der Waals surface area (Å²) in [6.07, 6.45) is 0. The highest BCUT2D eigenvalue weighted by Gasteiger charge is 2.15. The molecule has 214 valence electrons. The number of fused-ring (bicyclic) bond motifs is 7. The Kier molecular flexibility index (Phi) is 6.19. The second-order valence-corrected chi connectivity index (χ2v) is 13.6. The van der Waals surface area contributed by atoms with Gasteiger partial charge in [-0.25, -0.2) is 0 Å². The van der Waals surface area contributed by atoms with Crippen LogP contribution in [-0.2, 0) is 5.75 Å². The van der Waals surface area contributed by atoms with Crippen LogP contribution < -0.4 is 5.73 Å². The van der Waals surface area contributed by atoms with Crippen molar-refractivity contribution >= 4 is 81.5 Å². The van der Waals surface area contributed by atoms with Crippen LogP contribution in [0.5, 0.6) is 0 Å². The molecule has 2 heterocycles. The van der Waals surface area contributed by atoms with E-state index in [9.17, 15) is 0 Å². The van der Waals surface area contributed by atoms with Crippen molar-refractivity contribution in [3.63, 3.8) is 0 Å². The lowest BCUT2D eigenvalue weighted by Crippen LogP contribution is -1.94. The molecule has 9 rings (SSSR count). The first-order valence-corrected chi connectivity index (χ1v) is 17.0. The number of nitrogens with zero attached hydrogens (tertiary/aromatic N) is 1. The van der Waals surface area contributed by atoms with Crippen molar-refractivity contribution in [2.75, 3.05) is 5.73 Å². The number of rotatable bonds is 5. The predicted molar refractivity (Wildman–Crippen MR) is 197 cm³/mol. The van der Waals surface area contributed by atoms with Crippen LogP contribution in [0.15, 0.2) is 150 Å². The minimum absolute atomic E-state index is 0.851. The van der Waals surface area contributed by atoms with E-state index in [4.69, 9.17) is 5.73 Å². The third-order valence-corrected chi connectivity index (χ3v) is 11.2. The molecule has 0 saturated heterocycles. The average molecular weight is 613 g/mol. The fourth-order valence-corrected chi connectivity index (χ4v) is 8.92. The molecule has 0 aliphatic heterocycles. The zero-order valence-electron chi connectivity index (χ0n) is 24.4. The van der Waals surface area contributed by atoms with E-state index in [2.05, 4.69) is 144 Å². The molecule has 0 fully saturated rings. The molecule has 0 amide bonds. The molecule has 0 atom stereocenters. The standard InChI is InChI=1S/C41H28N2S2/c42-35-21-22-39-40(33-10-4-6-12-38(33)45-39)41(35)44-25-26-13-15-27(16-14-26)28-17-19-31(20-18-28)43-36-11-5-3-9-32(36)34-23-29-7-1-2-8-30(29)24-37(34)43/h1-24H,25,42H2. The van der Waals surface area contributed by atoms with Gasteiger partial charge in [-0.05, 0) is 76.0 Å². The highest BCUT2D eigenvalue weighted by molar-refractivity contribution is 7.99. The molecular formula is C41H28N2S2. The van der Waals surface area contributed by atoms with Crippen molar-refractivity contribution in [3.05, 3.63) is 151 Å². The van der Waals surface area contributed by atoms with Crippen LogP contribution in [-0.4, -0.2) is 4.57 Å². The molecule has 0 unspecified atom stereocenters. The number of aromatic nitrogens is 1.